The average molecular weight is 259 g/mol. The number of carbonyl (C=O) groups is 1. The third-order valence-corrected chi connectivity index (χ3v) is 3.30. The van der Waals surface area contributed by atoms with Crippen molar-refractivity contribution in [2.24, 2.45) is 5.92 Å². The first-order valence-electron chi connectivity index (χ1n) is 6.30. The van der Waals surface area contributed by atoms with E-state index >= 15 is 0 Å². The number of carbonyl (C=O) groups excluding carboxylic acids is 1. The summed E-state index contributed by atoms with van der Waals surface area (Å²) < 4.78 is 0. The van der Waals surface area contributed by atoms with Crippen LogP contribution in [0.3, 0.4) is 0 Å². The minimum atomic E-state index is -0.0303. The van der Waals surface area contributed by atoms with E-state index in [-0.39, 0.29) is 11.8 Å². The normalized spacial score (nSPS) is 18.8. The molecule has 1 atom stereocenters. The molecule has 0 aromatic carbocycles. The number of nitriles is 1. The van der Waals surface area contributed by atoms with Crippen molar-refractivity contribution in [1.29, 1.82) is 5.26 Å². The summed E-state index contributed by atoms with van der Waals surface area (Å²) in [6.45, 7) is 1.41. The van der Waals surface area contributed by atoms with Gasteiger partial charge in [0.05, 0.1) is 5.92 Å². The van der Waals surface area contributed by atoms with Crippen LogP contribution in [0.15, 0.2) is 12.4 Å². The summed E-state index contributed by atoms with van der Waals surface area (Å²) in [4.78, 5) is 23.9. The second kappa shape index (κ2) is 5.65. The molecule has 0 spiro atoms. The summed E-state index contributed by atoms with van der Waals surface area (Å²) in [6, 6.07) is 2.05. The molecule has 2 rings (SSSR count). The van der Waals surface area contributed by atoms with Gasteiger partial charge in [0.2, 0.25) is 5.91 Å². The Hall–Kier alpha value is -2.16. The standard InChI is InChI=1S/C13H17N5O/c1-17(2)13(19)10-4-3-7-18(9-10)12-11(8-14)15-5-6-16-12/h5-6,10H,3-4,7,9H2,1-2H3. The number of piperidine rings is 1. The molecule has 0 radical (unpaired) electrons. The highest BCUT2D eigenvalue weighted by atomic mass is 16.2. The number of hydrogen-bond acceptors (Lipinski definition) is 5. The van der Waals surface area contributed by atoms with Gasteiger partial charge in [-0.2, -0.15) is 5.26 Å². The molecule has 1 amide bonds. The lowest BCUT2D eigenvalue weighted by molar-refractivity contribution is -0.133. The fourth-order valence-corrected chi connectivity index (χ4v) is 2.38. The summed E-state index contributed by atoms with van der Waals surface area (Å²) in [7, 11) is 3.54. The van der Waals surface area contributed by atoms with E-state index in [2.05, 4.69) is 9.97 Å². The minimum absolute atomic E-state index is 0.0303. The Kier molecular flexibility index (Phi) is 3.95. The highest BCUT2D eigenvalue weighted by Gasteiger charge is 2.28. The largest absolute Gasteiger partial charge is 0.353 e. The van der Waals surface area contributed by atoms with Gasteiger partial charge in [0, 0.05) is 39.6 Å². The second-order valence-corrected chi connectivity index (χ2v) is 4.86. The Balaban J connectivity index is 2.18. The maximum absolute atomic E-state index is 12.0. The molecule has 19 heavy (non-hydrogen) atoms. The SMILES string of the molecule is CN(C)C(=O)C1CCCN(c2nccnc2C#N)C1. The molecule has 100 valence electrons. The van der Waals surface area contributed by atoms with Gasteiger partial charge in [0.15, 0.2) is 11.5 Å². The van der Waals surface area contributed by atoms with Gasteiger partial charge in [0.1, 0.15) is 6.07 Å². The molecule has 2 heterocycles. The quantitative estimate of drug-likeness (QED) is 0.779. The van der Waals surface area contributed by atoms with Crippen molar-refractivity contribution in [1.82, 2.24) is 14.9 Å². The van der Waals surface area contributed by atoms with Crippen LogP contribution in [0.5, 0.6) is 0 Å². The molecule has 1 aromatic heterocycles. The van der Waals surface area contributed by atoms with E-state index in [4.69, 9.17) is 5.26 Å². The molecule has 1 unspecified atom stereocenters. The maximum Gasteiger partial charge on any atom is 0.226 e. The van der Waals surface area contributed by atoms with Crippen LogP contribution in [0, 0.1) is 17.2 Å². The number of nitrogens with zero attached hydrogens (tertiary/aromatic N) is 5. The first-order chi connectivity index (χ1) is 9.13. The molecule has 0 bridgehead atoms. The lowest BCUT2D eigenvalue weighted by Gasteiger charge is -2.34. The van der Waals surface area contributed by atoms with Crippen LogP contribution < -0.4 is 4.90 Å². The van der Waals surface area contributed by atoms with Crippen LogP contribution >= 0.6 is 0 Å². The van der Waals surface area contributed by atoms with Gasteiger partial charge in [-0.05, 0) is 12.8 Å². The summed E-state index contributed by atoms with van der Waals surface area (Å²) in [6.07, 6.45) is 4.89. The van der Waals surface area contributed by atoms with Gasteiger partial charge < -0.3 is 9.80 Å². The van der Waals surface area contributed by atoms with E-state index in [9.17, 15) is 4.79 Å². The Morgan fingerprint density at radius 1 is 1.47 bits per heavy atom. The molecule has 1 saturated heterocycles. The third kappa shape index (κ3) is 2.81. The predicted octanol–water partition coefficient (Wildman–Crippen LogP) is 0.653. The van der Waals surface area contributed by atoms with Gasteiger partial charge >= 0.3 is 0 Å². The highest BCUT2D eigenvalue weighted by Crippen LogP contribution is 2.23. The van der Waals surface area contributed by atoms with Crippen LogP contribution in [-0.4, -0.2) is 48.0 Å². The zero-order valence-corrected chi connectivity index (χ0v) is 11.2. The van der Waals surface area contributed by atoms with E-state index < -0.39 is 0 Å². The second-order valence-electron chi connectivity index (χ2n) is 4.86. The Labute approximate surface area is 112 Å². The van der Waals surface area contributed by atoms with Crippen LogP contribution in [0.2, 0.25) is 0 Å². The van der Waals surface area contributed by atoms with Gasteiger partial charge in [-0.15, -0.1) is 0 Å². The first-order valence-corrected chi connectivity index (χ1v) is 6.30. The smallest absolute Gasteiger partial charge is 0.226 e. The van der Waals surface area contributed by atoms with Crippen LogP contribution in [0.4, 0.5) is 5.82 Å². The fraction of sp³-hybridized carbons (Fsp3) is 0.538. The van der Waals surface area contributed by atoms with Crippen molar-refractivity contribution >= 4 is 11.7 Å². The van der Waals surface area contributed by atoms with Crippen LogP contribution in [-0.2, 0) is 4.79 Å². The molecule has 0 aliphatic carbocycles. The summed E-state index contributed by atoms with van der Waals surface area (Å²) in [5.74, 6) is 0.686. The van der Waals surface area contributed by atoms with E-state index in [1.807, 2.05) is 11.0 Å². The Bertz CT molecular complexity index is 508. The first kappa shape index (κ1) is 13.3. The molecule has 0 N–H and O–H groups in total. The lowest BCUT2D eigenvalue weighted by atomic mass is 9.96. The number of amides is 1. The molecule has 1 aliphatic heterocycles. The average Bonchev–Trinajstić information content (AvgIpc) is 2.46. The van der Waals surface area contributed by atoms with Crippen molar-refractivity contribution in [3.8, 4) is 6.07 Å². The number of rotatable bonds is 2. The van der Waals surface area contributed by atoms with Crippen LogP contribution in [0.1, 0.15) is 18.5 Å². The number of anilines is 1. The molecule has 1 fully saturated rings. The van der Waals surface area contributed by atoms with Gasteiger partial charge in [-0.1, -0.05) is 0 Å². The van der Waals surface area contributed by atoms with E-state index in [1.165, 1.54) is 6.20 Å². The predicted molar refractivity (Wildman–Crippen MR) is 70.4 cm³/mol. The van der Waals surface area contributed by atoms with Crippen molar-refractivity contribution in [2.45, 2.75) is 12.8 Å². The van der Waals surface area contributed by atoms with Crippen molar-refractivity contribution in [2.75, 3.05) is 32.1 Å². The van der Waals surface area contributed by atoms with E-state index in [0.717, 1.165) is 19.4 Å². The lowest BCUT2D eigenvalue weighted by Crippen LogP contribution is -2.43. The van der Waals surface area contributed by atoms with Crippen molar-refractivity contribution in [3.63, 3.8) is 0 Å². The molecule has 1 aromatic rings. The summed E-state index contributed by atoms with van der Waals surface area (Å²) in [5.41, 5.74) is 0.320. The number of aromatic nitrogens is 2. The summed E-state index contributed by atoms with van der Waals surface area (Å²) >= 11 is 0. The summed E-state index contributed by atoms with van der Waals surface area (Å²) in [5, 5.41) is 9.06. The van der Waals surface area contributed by atoms with E-state index in [0.29, 0.717) is 18.1 Å². The Morgan fingerprint density at radius 3 is 2.89 bits per heavy atom. The minimum Gasteiger partial charge on any atom is -0.353 e. The molecule has 6 heteroatoms. The van der Waals surface area contributed by atoms with Crippen molar-refractivity contribution in [3.05, 3.63) is 18.1 Å². The van der Waals surface area contributed by atoms with Gasteiger partial charge in [-0.3, -0.25) is 4.79 Å². The number of hydrogen-bond donors (Lipinski definition) is 0. The molecular formula is C13H17N5O. The van der Waals surface area contributed by atoms with E-state index in [1.54, 1.807) is 25.2 Å². The monoisotopic (exact) mass is 259 g/mol. The molecule has 6 nitrogen and oxygen atoms in total. The molecule has 1 aliphatic rings. The molecular weight excluding hydrogens is 242 g/mol. The molecule has 0 saturated carbocycles. The zero-order valence-electron chi connectivity index (χ0n) is 11.2. The maximum atomic E-state index is 12.0. The Morgan fingerprint density at radius 2 is 2.21 bits per heavy atom. The zero-order chi connectivity index (χ0) is 13.8. The third-order valence-electron chi connectivity index (χ3n) is 3.30. The topological polar surface area (TPSA) is 73.1 Å². The van der Waals surface area contributed by atoms with Crippen LogP contribution in [0.25, 0.3) is 0 Å². The highest BCUT2D eigenvalue weighted by molar-refractivity contribution is 5.79. The van der Waals surface area contributed by atoms with Crippen molar-refractivity contribution < 1.29 is 4.79 Å². The van der Waals surface area contributed by atoms with Gasteiger partial charge in [0.25, 0.3) is 0 Å². The van der Waals surface area contributed by atoms with Gasteiger partial charge in [-0.25, -0.2) is 9.97 Å². The fourth-order valence-electron chi connectivity index (χ4n) is 2.38.